The fourth-order valence-corrected chi connectivity index (χ4v) is 4.88. The number of hydrazine groups is 1. The van der Waals surface area contributed by atoms with Crippen LogP contribution in [0.25, 0.3) is 0 Å². The minimum atomic E-state index is -3.79. The van der Waals surface area contributed by atoms with Crippen LogP contribution in [0.2, 0.25) is 0 Å². The second-order valence-electron chi connectivity index (χ2n) is 5.63. The minimum absolute atomic E-state index is 0.0907. The summed E-state index contributed by atoms with van der Waals surface area (Å²) in [5.74, 6) is -0.422. The lowest BCUT2D eigenvalue weighted by Gasteiger charge is -2.07. The molecule has 2 aromatic rings. The zero-order valence-electron chi connectivity index (χ0n) is 12.8. The zero-order valence-corrected chi connectivity index (χ0v) is 16.1. The summed E-state index contributed by atoms with van der Waals surface area (Å²) in [6.45, 7) is 0. The van der Waals surface area contributed by atoms with Crippen LogP contribution in [0, 0.1) is 0 Å². The van der Waals surface area contributed by atoms with Gasteiger partial charge < -0.3 is 0 Å². The fourth-order valence-electron chi connectivity index (χ4n) is 2.63. The summed E-state index contributed by atoms with van der Waals surface area (Å²) in [6.07, 6.45) is 5.49. The Bertz CT molecular complexity index is 821. The van der Waals surface area contributed by atoms with E-state index in [2.05, 4.69) is 26.2 Å². The fraction of sp³-hybridized carbons (Fsp3) is 0.312. The molecule has 1 aliphatic carbocycles. The second-order valence-corrected chi connectivity index (χ2v) is 9.37. The van der Waals surface area contributed by atoms with Gasteiger partial charge in [-0.15, -0.1) is 16.2 Å². The zero-order chi connectivity index (χ0) is 17.2. The molecule has 1 aromatic carbocycles. The van der Waals surface area contributed by atoms with Crippen LogP contribution in [-0.4, -0.2) is 14.3 Å². The summed E-state index contributed by atoms with van der Waals surface area (Å²) in [5, 5.41) is 0. The molecule has 8 heteroatoms. The number of halogens is 1. The molecule has 1 amide bonds. The number of aryl methyl sites for hydroxylation is 2. The molecule has 0 bridgehead atoms. The van der Waals surface area contributed by atoms with Crippen molar-refractivity contribution in [2.45, 2.75) is 37.0 Å². The van der Waals surface area contributed by atoms with Crippen LogP contribution in [-0.2, 0) is 22.9 Å². The molecular weight excluding hydrogens is 412 g/mol. The van der Waals surface area contributed by atoms with Gasteiger partial charge in [0.05, 0.1) is 9.77 Å². The Morgan fingerprint density at radius 3 is 2.54 bits per heavy atom. The molecule has 3 rings (SSSR count). The van der Waals surface area contributed by atoms with Crippen molar-refractivity contribution in [1.82, 2.24) is 10.3 Å². The van der Waals surface area contributed by atoms with Crippen LogP contribution in [0.3, 0.4) is 0 Å². The van der Waals surface area contributed by atoms with E-state index in [-0.39, 0.29) is 4.90 Å². The summed E-state index contributed by atoms with van der Waals surface area (Å²) < 4.78 is 25.1. The highest BCUT2D eigenvalue weighted by Crippen LogP contribution is 2.28. The Morgan fingerprint density at radius 1 is 1.08 bits per heavy atom. The molecule has 1 aliphatic rings. The largest absolute Gasteiger partial charge is 0.276 e. The molecule has 0 saturated heterocycles. The first-order valence-corrected chi connectivity index (χ1v) is 10.7. The van der Waals surface area contributed by atoms with Crippen LogP contribution in [0.5, 0.6) is 0 Å². The summed E-state index contributed by atoms with van der Waals surface area (Å²) >= 11 is 4.71. The van der Waals surface area contributed by atoms with E-state index >= 15 is 0 Å². The van der Waals surface area contributed by atoms with Crippen LogP contribution in [0.15, 0.2) is 39.7 Å². The summed E-state index contributed by atoms with van der Waals surface area (Å²) in [7, 11) is -3.79. The van der Waals surface area contributed by atoms with Gasteiger partial charge in [0.2, 0.25) is 0 Å². The molecule has 1 aromatic heterocycles. The predicted octanol–water partition coefficient (Wildman–Crippen LogP) is 3.40. The molecule has 0 saturated carbocycles. The molecule has 2 N–H and O–H groups in total. The average molecular weight is 429 g/mol. The Hall–Kier alpha value is -1.22. The monoisotopic (exact) mass is 428 g/mol. The van der Waals surface area contributed by atoms with Gasteiger partial charge >= 0.3 is 0 Å². The van der Waals surface area contributed by atoms with Gasteiger partial charge in [0, 0.05) is 9.35 Å². The van der Waals surface area contributed by atoms with Gasteiger partial charge in [0.15, 0.2) is 0 Å². The summed E-state index contributed by atoms with van der Waals surface area (Å²) in [5.41, 5.74) is 3.52. The van der Waals surface area contributed by atoms with Crippen molar-refractivity contribution in [3.63, 3.8) is 0 Å². The summed E-state index contributed by atoms with van der Waals surface area (Å²) in [6, 6.07) is 8.08. The first-order valence-electron chi connectivity index (χ1n) is 7.65. The van der Waals surface area contributed by atoms with Gasteiger partial charge in [0.25, 0.3) is 15.9 Å². The van der Waals surface area contributed by atoms with Gasteiger partial charge in [-0.25, -0.2) is 8.42 Å². The van der Waals surface area contributed by atoms with Gasteiger partial charge in [-0.05, 0) is 61.6 Å². The molecule has 1 heterocycles. The van der Waals surface area contributed by atoms with E-state index in [1.54, 1.807) is 12.1 Å². The maximum absolute atomic E-state index is 12.2. The highest BCUT2D eigenvalue weighted by Gasteiger charge is 2.19. The number of thiophene rings is 1. The number of sulfonamides is 1. The number of fused-ring (bicyclic) bond motifs is 1. The van der Waals surface area contributed by atoms with Crippen LogP contribution in [0.4, 0.5) is 0 Å². The van der Waals surface area contributed by atoms with Crippen molar-refractivity contribution < 1.29 is 13.2 Å². The number of rotatable bonds is 4. The molecule has 0 fully saturated rings. The lowest BCUT2D eigenvalue weighted by molar-refractivity contribution is 0.0949. The quantitative estimate of drug-likeness (QED) is 0.578. The predicted molar refractivity (Wildman–Crippen MR) is 97.5 cm³/mol. The van der Waals surface area contributed by atoms with Crippen LogP contribution < -0.4 is 10.3 Å². The molecular formula is C16H17BrN2O3S2. The molecule has 0 radical (unpaired) electrons. The van der Waals surface area contributed by atoms with Crippen molar-refractivity contribution in [1.29, 1.82) is 0 Å². The average Bonchev–Trinajstić information content (AvgIpc) is 2.84. The topological polar surface area (TPSA) is 75.3 Å². The van der Waals surface area contributed by atoms with E-state index in [1.807, 2.05) is 6.07 Å². The third-order valence-corrected chi connectivity index (χ3v) is 6.92. The number of hydrogen-bond acceptors (Lipinski definition) is 4. The molecule has 24 heavy (non-hydrogen) atoms. The molecule has 0 spiro atoms. The Labute approximate surface area is 153 Å². The summed E-state index contributed by atoms with van der Waals surface area (Å²) in [4.78, 5) is 16.3. The standard InChI is InChI=1S/C16H17BrN2O3S2/c17-12-6-8-13(9-7-12)24(21,22)19-18-16(20)15-10-11-4-2-1-3-5-14(11)23-15/h6-10,19H,1-5H2,(H,18,20). The number of carbonyl (C=O) groups excluding carboxylic acids is 1. The first kappa shape index (κ1) is 17.6. The van der Waals surface area contributed by atoms with E-state index in [0.717, 1.165) is 30.2 Å². The van der Waals surface area contributed by atoms with Crippen molar-refractivity contribution >= 4 is 43.2 Å². The van der Waals surface area contributed by atoms with Crippen LogP contribution in [0.1, 0.15) is 39.4 Å². The molecule has 128 valence electrons. The third kappa shape index (κ3) is 4.05. The lowest BCUT2D eigenvalue weighted by atomic mass is 10.1. The van der Waals surface area contributed by atoms with E-state index in [9.17, 15) is 13.2 Å². The highest BCUT2D eigenvalue weighted by atomic mass is 79.9. The van der Waals surface area contributed by atoms with Crippen molar-refractivity contribution in [2.75, 3.05) is 0 Å². The van der Waals surface area contributed by atoms with Crippen LogP contribution >= 0.6 is 27.3 Å². The SMILES string of the molecule is O=C(NNS(=O)(=O)c1ccc(Br)cc1)c1cc2c(s1)CCCCC2. The maximum atomic E-state index is 12.2. The van der Waals surface area contributed by atoms with Crippen molar-refractivity contribution in [3.8, 4) is 0 Å². The lowest BCUT2D eigenvalue weighted by Crippen LogP contribution is -2.41. The molecule has 5 nitrogen and oxygen atoms in total. The van der Waals surface area contributed by atoms with Crippen molar-refractivity contribution in [2.24, 2.45) is 0 Å². The normalized spacial score (nSPS) is 14.7. The van der Waals surface area contributed by atoms with Gasteiger partial charge in [-0.2, -0.15) is 0 Å². The van der Waals surface area contributed by atoms with E-state index < -0.39 is 15.9 Å². The molecule has 0 aliphatic heterocycles. The van der Waals surface area contributed by atoms with Gasteiger partial charge in [-0.3, -0.25) is 10.2 Å². The Morgan fingerprint density at radius 2 is 1.79 bits per heavy atom. The second kappa shape index (κ2) is 7.35. The van der Waals surface area contributed by atoms with E-state index in [1.165, 1.54) is 40.3 Å². The van der Waals surface area contributed by atoms with Crippen molar-refractivity contribution in [3.05, 3.63) is 50.1 Å². The van der Waals surface area contributed by atoms with E-state index in [0.29, 0.717) is 4.88 Å². The highest BCUT2D eigenvalue weighted by molar-refractivity contribution is 9.10. The molecule has 0 atom stereocenters. The number of amides is 1. The van der Waals surface area contributed by atoms with Gasteiger partial charge in [-0.1, -0.05) is 22.4 Å². The Balaban J connectivity index is 1.68. The Kier molecular flexibility index (Phi) is 5.39. The first-order chi connectivity index (χ1) is 11.5. The molecule has 0 unspecified atom stereocenters. The van der Waals surface area contributed by atoms with Gasteiger partial charge in [0.1, 0.15) is 0 Å². The number of nitrogens with one attached hydrogen (secondary N) is 2. The number of hydrogen-bond donors (Lipinski definition) is 2. The smallest absolute Gasteiger partial charge is 0.273 e. The maximum Gasteiger partial charge on any atom is 0.276 e. The number of benzene rings is 1. The number of carbonyl (C=O) groups is 1. The van der Waals surface area contributed by atoms with E-state index in [4.69, 9.17) is 0 Å². The third-order valence-electron chi connectivity index (χ3n) is 3.89. The minimum Gasteiger partial charge on any atom is -0.273 e.